The van der Waals surface area contributed by atoms with Gasteiger partial charge in [-0.1, -0.05) is 20.3 Å². The molecule has 0 radical (unpaired) electrons. The Morgan fingerprint density at radius 2 is 2.00 bits per heavy atom. The fourth-order valence-corrected chi connectivity index (χ4v) is 2.55. The Balaban J connectivity index is 0.00000400. The third-order valence-electron chi connectivity index (χ3n) is 4.18. The Labute approximate surface area is 147 Å². The molecule has 0 aromatic rings. The van der Waals surface area contributed by atoms with Crippen LogP contribution in [0.4, 0.5) is 0 Å². The highest BCUT2D eigenvalue weighted by Crippen LogP contribution is 2.44. The lowest BCUT2D eigenvalue weighted by molar-refractivity contribution is 0.0778. The van der Waals surface area contributed by atoms with Crippen LogP contribution in [-0.4, -0.2) is 39.3 Å². The Morgan fingerprint density at radius 3 is 2.48 bits per heavy atom. The van der Waals surface area contributed by atoms with Crippen LogP contribution in [0.1, 0.15) is 52.9 Å². The Bertz CT molecular complexity index is 291. The minimum Gasteiger partial charge on any atom is -0.385 e. The van der Waals surface area contributed by atoms with Gasteiger partial charge >= 0.3 is 0 Å². The summed E-state index contributed by atoms with van der Waals surface area (Å²) in [5.41, 5.74) is 0.399. The molecule has 0 bridgehead atoms. The van der Waals surface area contributed by atoms with E-state index in [1.165, 1.54) is 25.7 Å². The molecule has 0 aromatic heterocycles. The molecule has 0 atom stereocenters. The normalized spacial score (nSPS) is 17.1. The summed E-state index contributed by atoms with van der Waals surface area (Å²) in [7, 11) is 1.78. The van der Waals surface area contributed by atoms with Crippen LogP contribution in [0.25, 0.3) is 0 Å². The summed E-state index contributed by atoms with van der Waals surface area (Å²) >= 11 is 0. The zero-order valence-corrected chi connectivity index (χ0v) is 16.5. The summed E-state index contributed by atoms with van der Waals surface area (Å²) in [6.45, 7) is 10.3. The lowest BCUT2D eigenvalue weighted by Gasteiger charge is -2.40. The molecule has 1 rings (SSSR count). The molecule has 0 saturated heterocycles. The van der Waals surface area contributed by atoms with Crippen molar-refractivity contribution in [3.05, 3.63) is 0 Å². The number of rotatable bonds is 9. The van der Waals surface area contributed by atoms with E-state index in [-0.39, 0.29) is 24.0 Å². The monoisotopic (exact) mass is 411 g/mol. The van der Waals surface area contributed by atoms with E-state index in [2.05, 4.69) is 31.4 Å². The third-order valence-corrected chi connectivity index (χ3v) is 4.18. The number of hydrogen-bond donors (Lipinski definition) is 2. The number of nitrogens with zero attached hydrogens (tertiary/aromatic N) is 1. The van der Waals surface area contributed by atoms with E-state index in [0.29, 0.717) is 5.41 Å². The lowest BCUT2D eigenvalue weighted by atomic mass is 9.67. The van der Waals surface area contributed by atoms with Crippen LogP contribution in [0.15, 0.2) is 4.99 Å². The molecule has 0 aromatic carbocycles. The Morgan fingerprint density at radius 1 is 1.29 bits per heavy atom. The highest BCUT2D eigenvalue weighted by molar-refractivity contribution is 14.0. The summed E-state index contributed by atoms with van der Waals surface area (Å²) in [4.78, 5) is 4.80. The van der Waals surface area contributed by atoms with Gasteiger partial charge in [-0.2, -0.15) is 0 Å². The number of halogens is 1. The van der Waals surface area contributed by atoms with Crippen LogP contribution >= 0.6 is 24.0 Å². The van der Waals surface area contributed by atoms with E-state index in [4.69, 9.17) is 9.73 Å². The van der Waals surface area contributed by atoms with Gasteiger partial charge in [0.1, 0.15) is 0 Å². The van der Waals surface area contributed by atoms with Crippen molar-refractivity contribution in [2.24, 2.45) is 16.3 Å². The zero-order chi connectivity index (χ0) is 14.8. The third kappa shape index (κ3) is 8.24. The van der Waals surface area contributed by atoms with E-state index in [1.54, 1.807) is 7.11 Å². The predicted molar refractivity (Wildman–Crippen MR) is 102 cm³/mol. The van der Waals surface area contributed by atoms with Crippen molar-refractivity contribution in [1.29, 1.82) is 0 Å². The molecular formula is C16H34IN3O. The van der Waals surface area contributed by atoms with Crippen molar-refractivity contribution in [2.75, 3.05) is 33.4 Å². The topological polar surface area (TPSA) is 45.7 Å². The first-order valence-electron chi connectivity index (χ1n) is 8.13. The number of guanidine groups is 1. The smallest absolute Gasteiger partial charge is 0.191 e. The van der Waals surface area contributed by atoms with Crippen LogP contribution < -0.4 is 10.6 Å². The van der Waals surface area contributed by atoms with Gasteiger partial charge in [0.15, 0.2) is 5.96 Å². The van der Waals surface area contributed by atoms with Crippen LogP contribution in [-0.2, 0) is 4.74 Å². The van der Waals surface area contributed by atoms with Gasteiger partial charge in [0, 0.05) is 33.4 Å². The summed E-state index contributed by atoms with van der Waals surface area (Å²) in [6.07, 6.45) is 6.25. The maximum atomic E-state index is 5.24. The Kier molecular flexibility index (Phi) is 11.5. The minimum absolute atomic E-state index is 0. The average Bonchev–Trinajstić information content (AvgIpc) is 2.36. The Hall–Kier alpha value is -0.0400. The maximum absolute atomic E-state index is 5.24. The first kappa shape index (κ1) is 21.0. The van der Waals surface area contributed by atoms with Crippen LogP contribution in [0.5, 0.6) is 0 Å². The number of hydrogen-bond acceptors (Lipinski definition) is 2. The molecule has 0 aliphatic heterocycles. The van der Waals surface area contributed by atoms with E-state index >= 15 is 0 Å². The standard InChI is InChI=1S/C16H33N3O.HI/c1-5-17-15(18-11-7-14(2)3)19-13-16(8-6-9-16)10-12-20-4;/h14H,5-13H2,1-4H3,(H2,17,18,19);1H. The fourth-order valence-electron chi connectivity index (χ4n) is 2.55. The molecule has 1 fully saturated rings. The van der Waals surface area contributed by atoms with Gasteiger partial charge in [-0.15, -0.1) is 24.0 Å². The fraction of sp³-hybridized carbons (Fsp3) is 0.938. The SMILES string of the molecule is CCNC(=NCC1(CCOC)CCC1)NCCC(C)C.I. The summed E-state index contributed by atoms with van der Waals surface area (Å²) in [5.74, 6) is 1.70. The quantitative estimate of drug-likeness (QED) is 0.347. The van der Waals surface area contributed by atoms with Crippen LogP contribution in [0.2, 0.25) is 0 Å². The molecule has 2 N–H and O–H groups in total. The first-order valence-corrected chi connectivity index (χ1v) is 8.13. The second-order valence-electron chi connectivity index (χ2n) is 6.40. The molecule has 1 aliphatic rings. The molecule has 4 nitrogen and oxygen atoms in total. The highest BCUT2D eigenvalue weighted by atomic mass is 127. The molecule has 0 heterocycles. The second kappa shape index (κ2) is 11.5. The van der Waals surface area contributed by atoms with Gasteiger partial charge in [0.05, 0.1) is 0 Å². The number of ether oxygens (including phenoxy) is 1. The molecule has 126 valence electrons. The zero-order valence-electron chi connectivity index (χ0n) is 14.2. The molecule has 0 amide bonds. The maximum Gasteiger partial charge on any atom is 0.191 e. The van der Waals surface area contributed by atoms with Crippen molar-refractivity contribution >= 4 is 29.9 Å². The molecular weight excluding hydrogens is 377 g/mol. The summed E-state index contributed by atoms with van der Waals surface area (Å²) in [6, 6.07) is 0. The van der Waals surface area contributed by atoms with Gasteiger partial charge in [0.25, 0.3) is 0 Å². The summed E-state index contributed by atoms with van der Waals surface area (Å²) < 4.78 is 5.24. The number of methoxy groups -OCH3 is 1. The second-order valence-corrected chi connectivity index (χ2v) is 6.40. The van der Waals surface area contributed by atoms with Crippen molar-refractivity contribution in [2.45, 2.75) is 52.9 Å². The molecule has 1 saturated carbocycles. The molecule has 5 heteroatoms. The van der Waals surface area contributed by atoms with Gasteiger partial charge < -0.3 is 15.4 Å². The largest absolute Gasteiger partial charge is 0.385 e. The van der Waals surface area contributed by atoms with Crippen LogP contribution in [0, 0.1) is 11.3 Å². The van der Waals surface area contributed by atoms with Gasteiger partial charge in [-0.05, 0) is 43.9 Å². The van der Waals surface area contributed by atoms with E-state index in [1.807, 2.05) is 0 Å². The molecule has 21 heavy (non-hydrogen) atoms. The lowest BCUT2D eigenvalue weighted by Crippen LogP contribution is -2.40. The van der Waals surface area contributed by atoms with Crippen molar-refractivity contribution < 1.29 is 4.74 Å². The highest BCUT2D eigenvalue weighted by Gasteiger charge is 2.36. The predicted octanol–water partition coefficient (Wildman–Crippen LogP) is 3.41. The van der Waals surface area contributed by atoms with E-state index in [9.17, 15) is 0 Å². The molecule has 1 aliphatic carbocycles. The minimum atomic E-state index is 0. The van der Waals surface area contributed by atoms with E-state index < -0.39 is 0 Å². The first-order chi connectivity index (χ1) is 9.62. The average molecular weight is 411 g/mol. The number of nitrogens with one attached hydrogen (secondary N) is 2. The van der Waals surface area contributed by atoms with Gasteiger partial charge in [-0.25, -0.2) is 0 Å². The van der Waals surface area contributed by atoms with Crippen LogP contribution in [0.3, 0.4) is 0 Å². The van der Waals surface area contributed by atoms with Crippen molar-refractivity contribution in [3.63, 3.8) is 0 Å². The van der Waals surface area contributed by atoms with Gasteiger partial charge in [0.2, 0.25) is 0 Å². The number of aliphatic imine (C=N–C) groups is 1. The molecule has 0 spiro atoms. The van der Waals surface area contributed by atoms with Crippen molar-refractivity contribution in [1.82, 2.24) is 10.6 Å². The summed E-state index contributed by atoms with van der Waals surface area (Å²) in [5, 5.41) is 6.78. The van der Waals surface area contributed by atoms with E-state index in [0.717, 1.165) is 44.5 Å². The van der Waals surface area contributed by atoms with Gasteiger partial charge in [-0.3, -0.25) is 4.99 Å². The van der Waals surface area contributed by atoms with Crippen molar-refractivity contribution in [3.8, 4) is 0 Å². The molecule has 0 unspecified atom stereocenters.